The van der Waals surface area contributed by atoms with E-state index >= 15 is 0 Å². The van der Waals surface area contributed by atoms with E-state index in [-0.39, 0.29) is 13.0 Å². The van der Waals surface area contributed by atoms with Crippen molar-refractivity contribution in [3.05, 3.63) is 0 Å². The second-order valence-electron chi connectivity index (χ2n) is 3.05. The van der Waals surface area contributed by atoms with E-state index in [2.05, 4.69) is 9.47 Å². The van der Waals surface area contributed by atoms with Gasteiger partial charge in [-0.15, -0.1) is 0 Å². The lowest BCUT2D eigenvalue weighted by Crippen LogP contribution is -2.41. The molecule has 0 aromatic carbocycles. The second kappa shape index (κ2) is 4.28. The number of β-amino-alcohol motifs (C(OH)–C–C–N with tert-alkyl or cyclic N) is 1. The van der Waals surface area contributed by atoms with E-state index in [0.29, 0.717) is 0 Å². The van der Waals surface area contributed by atoms with E-state index in [1.54, 1.807) is 0 Å². The minimum atomic E-state index is -0.734. The van der Waals surface area contributed by atoms with E-state index in [0.717, 1.165) is 4.90 Å². The van der Waals surface area contributed by atoms with Crippen LogP contribution in [0.25, 0.3) is 0 Å². The summed E-state index contributed by atoms with van der Waals surface area (Å²) in [6.45, 7) is 0.104. The molecule has 6 nitrogen and oxygen atoms in total. The molecule has 0 aromatic heterocycles. The van der Waals surface area contributed by atoms with E-state index in [4.69, 9.17) is 0 Å². The molecule has 1 N–H and O–H groups in total. The second-order valence-corrected chi connectivity index (χ2v) is 3.05. The summed E-state index contributed by atoms with van der Waals surface area (Å²) in [6, 6.07) is -0.734. The molecule has 1 aliphatic rings. The standard InChI is InChI=1S/C8H13NO5/c1-13-7(11)6-3-5(10)4-9(6)8(12)14-2/h5-6,10H,3-4H2,1-2H3/t5?,6-/m1/s1. The topological polar surface area (TPSA) is 76.1 Å². The van der Waals surface area contributed by atoms with Crippen LogP contribution in [-0.2, 0) is 14.3 Å². The van der Waals surface area contributed by atoms with Crippen LogP contribution in [0.2, 0.25) is 0 Å². The number of methoxy groups -OCH3 is 2. The van der Waals surface area contributed by atoms with Gasteiger partial charge < -0.3 is 14.6 Å². The van der Waals surface area contributed by atoms with Crippen molar-refractivity contribution in [1.82, 2.24) is 4.90 Å². The molecule has 0 aromatic rings. The minimum absolute atomic E-state index is 0.104. The summed E-state index contributed by atoms with van der Waals surface area (Å²) in [5, 5.41) is 9.30. The zero-order valence-electron chi connectivity index (χ0n) is 8.10. The minimum Gasteiger partial charge on any atom is -0.467 e. The number of likely N-dealkylation sites (tertiary alicyclic amines) is 1. The summed E-state index contributed by atoms with van der Waals surface area (Å²) in [5.41, 5.74) is 0. The summed E-state index contributed by atoms with van der Waals surface area (Å²) in [5.74, 6) is -0.535. The molecule has 0 spiro atoms. The average Bonchev–Trinajstić information content (AvgIpc) is 2.58. The molecule has 14 heavy (non-hydrogen) atoms. The van der Waals surface area contributed by atoms with Gasteiger partial charge in [0, 0.05) is 6.42 Å². The molecular formula is C8H13NO5. The highest BCUT2D eigenvalue weighted by Gasteiger charge is 2.40. The van der Waals surface area contributed by atoms with Gasteiger partial charge >= 0.3 is 12.1 Å². The summed E-state index contributed by atoms with van der Waals surface area (Å²) in [7, 11) is 2.46. The molecule has 0 bridgehead atoms. The van der Waals surface area contributed by atoms with Crippen molar-refractivity contribution in [1.29, 1.82) is 0 Å². The number of aliphatic hydroxyl groups is 1. The van der Waals surface area contributed by atoms with Crippen LogP contribution in [0.5, 0.6) is 0 Å². The number of esters is 1. The van der Waals surface area contributed by atoms with Crippen LogP contribution in [0, 0.1) is 0 Å². The fraction of sp³-hybridized carbons (Fsp3) is 0.750. The third-order valence-electron chi connectivity index (χ3n) is 2.16. The number of rotatable bonds is 1. The molecule has 0 saturated carbocycles. The predicted molar refractivity (Wildman–Crippen MR) is 45.5 cm³/mol. The lowest BCUT2D eigenvalue weighted by molar-refractivity contribution is -0.145. The monoisotopic (exact) mass is 203 g/mol. The highest BCUT2D eigenvalue weighted by atomic mass is 16.5. The van der Waals surface area contributed by atoms with Gasteiger partial charge in [-0.2, -0.15) is 0 Å². The normalized spacial score (nSPS) is 26.1. The summed E-state index contributed by atoms with van der Waals surface area (Å²) in [6.07, 6.45) is -1.13. The number of carbonyl (C=O) groups is 2. The predicted octanol–water partition coefficient (Wildman–Crippen LogP) is -0.639. The van der Waals surface area contributed by atoms with Crippen LogP contribution in [0.15, 0.2) is 0 Å². The van der Waals surface area contributed by atoms with E-state index in [1.807, 2.05) is 0 Å². The van der Waals surface area contributed by atoms with Crippen molar-refractivity contribution in [2.24, 2.45) is 0 Å². The lowest BCUT2D eigenvalue weighted by Gasteiger charge is -2.20. The molecule has 0 aliphatic carbocycles. The van der Waals surface area contributed by atoms with Gasteiger partial charge in [-0.3, -0.25) is 4.90 Å². The highest BCUT2D eigenvalue weighted by molar-refractivity contribution is 5.82. The molecule has 1 amide bonds. The Labute approximate surface area is 81.4 Å². The van der Waals surface area contributed by atoms with Gasteiger partial charge in [-0.25, -0.2) is 9.59 Å². The summed E-state index contributed by atoms with van der Waals surface area (Å²) in [4.78, 5) is 23.5. The Hall–Kier alpha value is -1.30. The maximum atomic E-state index is 11.2. The fourth-order valence-corrected chi connectivity index (χ4v) is 1.49. The maximum absolute atomic E-state index is 11.2. The van der Waals surface area contributed by atoms with E-state index in [9.17, 15) is 14.7 Å². The molecule has 1 saturated heterocycles. The van der Waals surface area contributed by atoms with Gasteiger partial charge in [0.1, 0.15) is 6.04 Å². The van der Waals surface area contributed by atoms with Crippen molar-refractivity contribution in [2.45, 2.75) is 18.6 Å². The molecular weight excluding hydrogens is 190 g/mol. The number of hydrogen-bond acceptors (Lipinski definition) is 5. The SMILES string of the molecule is COC(=O)[C@H]1CC(O)CN1C(=O)OC. The van der Waals surface area contributed by atoms with Crippen LogP contribution in [0.4, 0.5) is 4.79 Å². The lowest BCUT2D eigenvalue weighted by atomic mass is 10.2. The third-order valence-corrected chi connectivity index (χ3v) is 2.16. The van der Waals surface area contributed by atoms with Crippen molar-refractivity contribution in [2.75, 3.05) is 20.8 Å². The van der Waals surface area contributed by atoms with Crippen molar-refractivity contribution in [3.8, 4) is 0 Å². The van der Waals surface area contributed by atoms with Gasteiger partial charge in [0.15, 0.2) is 0 Å². The van der Waals surface area contributed by atoms with Crippen LogP contribution in [0.3, 0.4) is 0 Å². The third kappa shape index (κ3) is 1.95. The molecule has 1 fully saturated rings. The van der Waals surface area contributed by atoms with Gasteiger partial charge in [-0.1, -0.05) is 0 Å². The van der Waals surface area contributed by atoms with Gasteiger partial charge in [0.05, 0.1) is 26.9 Å². The highest BCUT2D eigenvalue weighted by Crippen LogP contribution is 2.19. The number of aliphatic hydroxyl groups excluding tert-OH is 1. The number of carbonyl (C=O) groups excluding carboxylic acids is 2. The first-order valence-corrected chi connectivity index (χ1v) is 4.20. The van der Waals surface area contributed by atoms with Gasteiger partial charge in [0.25, 0.3) is 0 Å². The quantitative estimate of drug-likeness (QED) is 0.574. The van der Waals surface area contributed by atoms with E-state index in [1.165, 1.54) is 14.2 Å². The largest absolute Gasteiger partial charge is 0.467 e. The molecule has 2 atom stereocenters. The maximum Gasteiger partial charge on any atom is 0.410 e. The molecule has 0 radical (unpaired) electrons. The number of nitrogens with zero attached hydrogens (tertiary/aromatic N) is 1. The summed E-state index contributed by atoms with van der Waals surface area (Å²) < 4.78 is 8.98. The fourth-order valence-electron chi connectivity index (χ4n) is 1.49. The molecule has 1 heterocycles. The first-order valence-electron chi connectivity index (χ1n) is 4.20. The van der Waals surface area contributed by atoms with Gasteiger partial charge in [-0.05, 0) is 0 Å². The molecule has 80 valence electrons. The Morgan fingerprint density at radius 3 is 2.50 bits per heavy atom. The Balaban J connectivity index is 2.72. The number of amides is 1. The van der Waals surface area contributed by atoms with Crippen molar-refractivity contribution in [3.63, 3.8) is 0 Å². The molecule has 1 aliphatic heterocycles. The Morgan fingerprint density at radius 2 is 2.00 bits per heavy atom. The van der Waals surface area contributed by atoms with Crippen molar-refractivity contribution < 1.29 is 24.2 Å². The first kappa shape index (κ1) is 10.8. The zero-order valence-corrected chi connectivity index (χ0v) is 8.10. The molecule has 1 unspecified atom stereocenters. The Kier molecular flexibility index (Phi) is 3.29. The van der Waals surface area contributed by atoms with Crippen LogP contribution in [-0.4, -0.2) is 55.0 Å². The average molecular weight is 203 g/mol. The Bertz CT molecular complexity index is 218. The number of hydrogen-bond donors (Lipinski definition) is 1. The van der Waals surface area contributed by atoms with Gasteiger partial charge in [0.2, 0.25) is 0 Å². The molecule has 6 heteroatoms. The first-order chi connectivity index (χ1) is 6.60. The molecule has 1 rings (SSSR count). The Morgan fingerprint density at radius 1 is 1.36 bits per heavy atom. The smallest absolute Gasteiger partial charge is 0.410 e. The van der Waals surface area contributed by atoms with Crippen LogP contribution < -0.4 is 0 Å². The van der Waals surface area contributed by atoms with E-state index < -0.39 is 24.2 Å². The zero-order chi connectivity index (χ0) is 10.7. The van der Waals surface area contributed by atoms with Crippen LogP contribution >= 0.6 is 0 Å². The number of ether oxygens (including phenoxy) is 2. The van der Waals surface area contributed by atoms with Crippen LogP contribution in [0.1, 0.15) is 6.42 Å². The van der Waals surface area contributed by atoms with Crippen molar-refractivity contribution >= 4 is 12.1 Å². The summed E-state index contributed by atoms with van der Waals surface area (Å²) >= 11 is 0.